The molecule has 19 heavy (non-hydrogen) atoms. The first-order valence-electron chi connectivity index (χ1n) is 6.24. The molecular formula is C12H19N3O2S2. The zero-order valence-electron chi connectivity index (χ0n) is 11.3. The first-order chi connectivity index (χ1) is 8.96. The van der Waals surface area contributed by atoms with Crippen molar-refractivity contribution in [3.8, 4) is 0 Å². The van der Waals surface area contributed by atoms with Crippen LogP contribution in [0.2, 0.25) is 0 Å². The van der Waals surface area contributed by atoms with Crippen molar-refractivity contribution in [2.75, 3.05) is 24.7 Å². The first kappa shape index (κ1) is 14.6. The van der Waals surface area contributed by atoms with E-state index in [0.29, 0.717) is 17.6 Å². The number of thioether (sulfide) groups is 1. The summed E-state index contributed by atoms with van der Waals surface area (Å²) in [6.45, 7) is 4.59. The zero-order valence-corrected chi connectivity index (χ0v) is 13.0. The van der Waals surface area contributed by atoms with E-state index in [9.17, 15) is 8.42 Å². The number of hydrogen-bond acceptors (Lipinski definition) is 5. The Balaban J connectivity index is 2.30. The van der Waals surface area contributed by atoms with Crippen molar-refractivity contribution >= 4 is 27.6 Å². The number of anilines is 1. The van der Waals surface area contributed by atoms with Gasteiger partial charge in [0.05, 0.1) is 0 Å². The average Bonchev–Trinajstić information content (AvgIpc) is 2.41. The third-order valence-electron chi connectivity index (χ3n) is 3.43. The highest BCUT2D eigenvalue weighted by Crippen LogP contribution is 2.29. The highest BCUT2D eigenvalue weighted by Gasteiger charge is 2.34. The first-order valence-corrected chi connectivity index (χ1v) is 8.73. The maximum absolute atomic E-state index is 12.6. The van der Waals surface area contributed by atoms with E-state index in [4.69, 9.17) is 0 Å². The number of hydrogen-bond donors (Lipinski definition) is 1. The largest absolute Gasteiger partial charge is 0.373 e. The van der Waals surface area contributed by atoms with E-state index in [1.807, 2.05) is 18.7 Å². The molecule has 1 aromatic rings. The van der Waals surface area contributed by atoms with Gasteiger partial charge in [0.1, 0.15) is 10.7 Å². The minimum atomic E-state index is -3.44. The maximum Gasteiger partial charge on any atom is 0.244 e. The van der Waals surface area contributed by atoms with Crippen LogP contribution in [0.1, 0.15) is 13.8 Å². The van der Waals surface area contributed by atoms with Crippen molar-refractivity contribution < 1.29 is 8.42 Å². The van der Waals surface area contributed by atoms with Crippen LogP contribution in [0, 0.1) is 0 Å². The molecule has 0 amide bonds. The van der Waals surface area contributed by atoms with Crippen LogP contribution in [0.5, 0.6) is 0 Å². The molecule has 1 N–H and O–H groups in total. The summed E-state index contributed by atoms with van der Waals surface area (Å²) in [5.74, 6) is 1.50. The fourth-order valence-corrected chi connectivity index (χ4v) is 5.00. The predicted octanol–water partition coefficient (Wildman–Crippen LogP) is 1.64. The van der Waals surface area contributed by atoms with Gasteiger partial charge in [-0.15, -0.1) is 0 Å². The molecule has 1 fully saturated rings. The van der Waals surface area contributed by atoms with Crippen molar-refractivity contribution in [1.29, 1.82) is 0 Å². The third kappa shape index (κ3) is 2.88. The average molecular weight is 301 g/mol. The van der Waals surface area contributed by atoms with Crippen molar-refractivity contribution in [3.05, 3.63) is 18.3 Å². The summed E-state index contributed by atoms with van der Waals surface area (Å²) in [6, 6.07) is 3.29. The van der Waals surface area contributed by atoms with E-state index in [-0.39, 0.29) is 10.9 Å². The van der Waals surface area contributed by atoms with Crippen molar-refractivity contribution in [2.24, 2.45) is 0 Å². The lowest BCUT2D eigenvalue weighted by atomic mass is 10.2. The molecule has 1 aliphatic heterocycles. The highest BCUT2D eigenvalue weighted by atomic mass is 32.2. The van der Waals surface area contributed by atoms with Gasteiger partial charge < -0.3 is 5.32 Å². The summed E-state index contributed by atoms with van der Waals surface area (Å²) < 4.78 is 26.8. The molecule has 5 nitrogen and oxygen atoms in total. The lowest BCUT2D eigenvalue weighted by Gasteiger charge is -2.36. The van der Waals surface area contributed by atoms with E-state index in [2.05, 4.69) is 17.2 Å². The summed E-state index contributed by atoms with van der Waals surface area (Å²) in [5.41, 5.74) is 0. The molecule has 0 radical (unpaired) electrons. The van der Waals surface area contributed by atoms with Gasteiger partial charge in [-0.1, -0.05) is 6.92 Å². The van der Waals surface area contributed by atoms with Gasteiger partial charge in [0, 0.05) is 36.8 Å². The van der Waals surface area contributed by atoms with E-state index in [0.717, 1.165) is 5.75 Å². The lowest BCUT2D eigenvalue weighted by molar-refractivity contribution is 0.340. The molecule has 2 unspecified atom stereocenters. The molecule has 2 heterocycles. The second kappa shape index (κ2) is 5.68. The van der Waals surface area contributed by atoms with Crippen LogP contribution in [0.3, 0.4) is 0 Å². The van der Waals surface area contributed by atoms with Crippen LogP contribution in [0.4, 0.5) is 5.82 Å². The quantitative estimate of drug-likeness (QED) is 0.919. The van der Waals surface area contributed by atoms with E-state index < -0.39 is 10.0 Å². The third-order valence-corrected chi connectivity index (χ3v) is 6.73. The van der Waals surface area contributed by atoms with Crippen LogP contribution in [0.25, 0.3) is 0 Å². The number of pyridine rings is 1. The second-order valence-corrected chi connectivity index (χ2v) is 7.94. The summed E-state index contributed by atoms with van der Waals surface area (Å²) in [6.07, 6.45) is 1.42. The Morgan fingerprint density at radius 1 is 1.42 bits per heavy atom. The molecule has 1 saturated heterocycles. The standard InChI is InChI=1S/C12H19N3O2S2/c1-9-10(2)18-7-6-15(9)19(16,17)11-4-5-12(13-3)14-8-11/h4-5,8-10H,6-7H2,1-3H3,(H,13,14). The van der Waals surface area contributed by atoms with Gasteiger partial charge in [-0.25, -0.2) is 13.4 Å². The number of aromatic nitrogens is 1. The van der Waals surface area contributed by atoms with Crippen LogP contribution in [-0.4, -0.2) is 48.3 Å². The van der Waals surface area contributed by atoms with Crippen LogP contribution in [0.15, 0.2) is 23.2 Å². The molecular weight excluding hydrogens is 282 g/mol. The summed E-state index contributed by atoms with van der Waals surface area (Å²) >= 11 is 1.82. The Hall–Kier alpha value is -0.790. The van der Waals surface area contributed by atoms with Crippen molar-refractivity contribution in [1.82, 2.24) is 9.29 Å². The van der Waals surface area contributed by atoms with Gasteiger partial charge >= 0.3 is 0 Å². The van der Waals surface area contributed by atoms with Gasteiger partial charge in [-0.2, -0.15) is 16.1 Å². The fraction of sp³-hybridized carbons (Fsp3) is 0.583. The monoisotopic (exact) mass is 301 g/mol. The maximum atomic E-state index is 12.6. The van der Waals surface area contributed by atoms with Crippen molar-refractivity contribution in [3.63, 3.8) is 0 Å². The number of rotatable bonds is 3. The Morgan fingerprint density at radius 3 is 2.74 bits per heavy atom. The Morgan fingerprint density at radius 2 is 2.16 bits per heavy atom. The minimum Gasteiger partial charge on any atom is -0.373 e. The predicted molar refractivity (Wildman–Crippen MR) is 79.1 cm³/mol. The molecule has 0 aliphatic carbocycles. The number of nitrogens with one attached hydrogen (secondary N) is 1. The van der Waals surface area contributed by atoms with E-state index >= 15 is 0 Å². The molecule has 0 saturated carbocycles. The molecule has 2 rings (SSSR count). The zero-order chi connectivity index (χ0) is 14.0. The molecule has 0 bridgehead atoms. The molecule has 0 aromatic carbocycles. The smallest absolute Gasteiger partial charge is 0.244 e. The highest BCUT2D eigenvalue weighted by molar-refractivity contribution is 8.00. The summed E-state index contributed by atoms with van der Waals surface area (Å²) in [7, 11) is -1.69. The Bertz CT molecular complexity index is 530. The van der Waals surface area contributed by atoms with Crippen LogP contribution >= 0.6 is 11.8 Å². The lowest BCUT2D eigenvalue weighted by Crippen LogP contribution is -2.47. The van der Waals surface area contributed by atoms with E-state index in [1.165, 1.54) is 6.20 Å². The summed E-state index contributed by atoms with van der Waals surface area (Å²) in [4.78, 5) is 4.34. The van der Waals surface area contributed by atoms with Gasteiger partial charge in [-0.05, 0) is 19.1 Å². The van der Waals surface area contributed by atoms with E-state index in [1.54, 1.807) is 23.5 Å². The number of nitrogens with zero attached hydrogens (tertiary/aromatic N) is 2. The molecule has 106 valence electrons. The minimum absolute atomic E-state index is 0.00715. The molecule has 1 aliphatic rings. The summed E-state index contributed by atoms with van der Waals surface area (Å²) in [5, 5.41) is 3.19. The van der Waals surface area contributed by atoms with Gasteiger partial charge in [-0.3, -0.25) is 0 Å². The fourth-order valence-electron chi connectivity index (χ4n) is 2.06. The normalized spacial score (nSPS) is 25.2. The Labute approximate surface area is 118 Å². The molecule has 0 spiro atoms. The van der Waals surface area contributed by atoms with Gasteiger partial charge in [0.2, 0.25) is 10.0 Å². The molecule has 2 atom stereocenters. The SMILES string of the molecule is CNc1ccc(S(=O)(=O)N2CCSC(C)C2C)cn1. The topological polar surface area (TPSA) is 62.3 Å². The number of sulfonamides is 1. The second-order valence-electron chi connectivity index (χ2n) is 4.56. The van der Waals surface area contributed by atoms with Gasteiger partial charge in [0.25, 0.3) is 0 Å². The Kier molecular flexibility index (Phi) is 4.37. The molecule has 7 heteroatoms. The van der Waals surface area contributed by atoms with Gasteiger partial charge in [0.15, 0.2) is 0 Å². The van der Waals surface area contributed by atoms with Crippen molar-refractivity contribution in [2.45, 2.75) is 30.0 Å². The molecule has 1 aromatic heterocycles. The van der Waals surface area contributed by atoms with Crippen LogP contribution < -0.4 is 5.32 Å². The van der Waals surface area contributed by atoms with Crippen LogP contribution in [-0.2, 0) is 10.0 Å².